The van der Waals surface area contributed by atoms with Crippen LogP contribution in [0.3, 0.4) is 0 Å². The van der Waals surface area contributed by atoms with Crippen molar-refractivity contribution in [2.45, 2.75) is 31.8 Å². The summed E-state index contributed by atoms with van der Waals surface area (Å²) < 4.78 is 53.0. The fraction of sp³-hybridized carbons (Fsp3) is 0.353. The molecule has 1 unspecified atom stereocenters. The van der Waals surface area contributed by atoms with E-state index < -0.39 is 51.9 Å². The van der Waals surface area contributed by atoms with Gasteiger partial charge >= 0.3 is 10.2 Å². The molecule has 1 atom stereocenters. The Kier molecular flexibility index (Phi) is 11.1. The van der Waals surface area contributed by atoms with Crippen molar-refractivity contribution in [3.8, 4) is 11.5 Å². The molecular formula is C34H36FN7O11S. The molecule has 0 spiro atoms. The molecule has 286 valence electrons. The molecule has 2 fully saturated rings. The van der Waals surface area contributed by atoms with E-state index in [0.29, 0.717) is 21.1 Å². The maximum Gasteiger partial charge on any atom is 0.326 e. The molecule has 0 aliphatic carbocycles. The van der Waals surface area contributed by atoms with Crippen LogP contribution in [0.4, 0.5) is 15.8 Å². The van der Waals surface area contributed by atoms with Crippen LogP contribution in [-0.4, -0.2) is 106 Å². The first-order chi connectivity index (χ1) is 25.8. The fourth-order valence-electron chi connectivity index (χ4n) is 6.25. The summed E-state index contributed by atoms with van der Waals surface area (Å²) in [5, 5.41) is 21.2. The summed E-state index contributed by atoms with van der Waals surface area (Å²) in [5.41, 5.74) is 0.993. The van der Waals surface area contributed by atoms with E-state index in [9.17, 15) is 42.3 Å². The summed E-state index contributed by atoms with van der Waals surface area (Å²) in [6.45, 7) is -0.0713. The van der Waals surface area contributed by atoms with Crippen LogP contribution in [0.5, 0.6) is 11.5 Å². The molecule has 3 heterocycles. The first-order valence-electron chi connectivity index (χ1n) is 16.9. The molecule has 3 aliphatic rings. The van der Waals surface area contributed by atoms with Crippen LogP contribution in [0.1, 0.15) is 35.2 Å². The Labute approximate surface area is 307 Å². The van der Waals surface area contributed by atoms with Gasteiger partial charge in [0, 0.05) is 48.1 Å². The summed E-state index contributed by atoms with van der Waals surface area (Å²) in [5.74, 6) is -4.22. The number of ether oxygens (including phenoxy) is 2. The number of rotatable bonds is 15. The highest BCUT2D eigenvalue weighted by atomic mass is 32.2. The minimum absolute atomic E-state index is 0.0177. The number of carbonyl (C=O) groups is 6. The predicted molar refractivity (Wildman–Crippen MR) is 188 cm³/mol. The molecular weight excluding hydrogens is 733 g/mol. The van der Waals surface area contributed by atoms with Gasteiger partial charge in [-0.15, -0.1) is 0 Å². The Morgan fingerprint density at radius 1 is 0.963 bits per heavy atom. The first-order valence-corrected chi connectivity index (χ1v) is 18.3. The topological polar surface area (TPSA) is 242 Å². The third kappa shape index (κ3) is 8.28. The summed E-state index contributed by atoms with van der Waals surface area (Å²) in [6, 6.07) is 9.78. The normalized spacial score (nSPS) is 17.6. The second-order valence-electron chi connectivity index (χ2n) is 12.5. The lowest BCUT2D eigenvalue weighted by Crippen LogP contribution is -2.52. The van der Waals surface area contributed by atoms with E-state index in [-0.39, 0.29) is 105 Å². The number of fused-ring (bicyclic) bond motifs is 2. The second kappa shape index (κ2) is 15.9. The van der Waals surface area contributed by atoms with Gasteiger partial charge in [0.2, 0.25) is 23.6 Å². The number of halogens is 1. The average Bonchev–Trinajstić information content (AvgIpc) is 3.60. The van der Waals surface area contributed by atoms with Gasteiger partial charge in [0.05, 0.1) is 26.3 Å². The standard InChI is InChI=1S/C34H36FN7O11S/c35-31-22-15-20(5-4-19(22)14-26(43)32(31)42-18-30(47)40-54(42,50)51)53-13-10-36-27(44)8-11-52-12-9-37-29(46)16-38-24-3-1-2-21-23(24)17-41(34(21)49)25-6-7-28(45)39-33(25)48/h1-5,14-15,25,38,43H,6-13,16-18H2,(H,36,44)(H,37,46)(H,40,47)(H,39,45,48). The average molecular weight is 770 g/mol. The van der Waals surface area contributed by atoms with Crippen molar-refractivity contribution in [1.29, 1.82) is 0 Å². The van der Waals surface area contributed by atoms with Crippen molar-refractivity contribution < 1.29 is 56.2 Å². The van der Waals surface area contributed by atoms with Crippen molar-refractivity contribution in [2.75, 3.05) is 55.6 Å². The second-order valence-corrected chi connectivity index (χ2v) is 14.1. The summed E-state index contributed by atoms with van der Waals surface area (Å²) in [4.78, 5) is 74.5. The Morgan fingerprint density at radius 3 is 2.50 bits per heavy atom. The van der Waals surface area contributed by atoms with Crippen LogP contribution in [0, 0.1) is 5.82 Å². The lowest BCUT2D eigenvalue weighted by atomic mass is 10.0. The van der Waals surface area contributed by atoms with Crippen molar-refractivity contribution in [3.63, 3.8) is 0 Å². The Hall–Kier alpha value is -6.02. The number of amides is 6. The number of hydrogen-bond donors (Lipinski definition) is 6. The number of aromatic hydroxyl groups is 1. The van der Waals surface area contributed by atoms with Gasteiger partial charge < -0.3 is 35.4 Å². The van der Waals surface area contributed by atoms with E-state index in [4.69, 9.17) is 9.47 Å². The van der Waals surface area contributed by atoms with Crippen LogP contribution in [0.2, 0.25) is 0 Å². The highest BCUT2D eigenvalue weighted by Gasteiger charge is 2.40. The lowest BCUT2D eigenvalue weighted by Gasteiger charge is -2.29. The van der Waals surface area contributed by atoms with Gasteiger partial charge in [-0.3, -0.25) is 34.1 Å². The molecule has 0 saturated carbocycles. The minimum Gasteiger partial charge on any atom is -0.506 e. The molecule has 6 rings (SSSR count). The lowest BCUT2D eigenvalue weighted by molar-refractivity contribution is -0.137. The molecule has 0 radical (unpaired) electrons. The van der Waals surface area contributed by atoms with E-state index in [1.165, 1.54) is 29.2 Å². The smallest absolute Gasteiger partial charge is 0.326 e. The Morgan fingerprint density at radius 2 is 1.74 bits per heavy atom. The summed E-state index contributed by atoms with van der Waals surface area (Å²) >= 11 is 0. The van der Waals surface area contributed by atoms with Gasteiger partial charge in [-0.25, -0.2) is 13.4 Å². The molecule has 0 bridgehead atoms. The van der Waals surface area contributed by atoms with E-state index in [1.54, 1.807) is 22.9 Å². The number of imide groups is 1. The minimum atomic E-state index is -4.36. The van der Waals surface area contributed by atoms with E-state index in [1.807, 2.05) is 0 Å². The quantitative estimate of drug-likeness (QED) is 0.0867. The Bertz CT molecular complexity index is 2150. The van der Waals surface area contributed by atoms with Gasteiger partial charge in [0.25, 0.3) is 11.8 Å². The van der Waals surface area contributed by atoms with Crippen molar-refractivity contribution in [2.24, 2.45) is 0 Å². The maximum atomic E-state index is 15.4. The van der Waals surface area contributed by atoms with Gasteiger partial charge in [0.15, 0.2) is 5.82 Å². The largest absolute Gasteiger partial charge is 0.506 e. The van der Waals surface area contributed by atoms with E-state index in [0.717, 1.165) is 0 Å². The predicted octanol–water partition coefficient (Wildman–Crippen LogP) is -0.243. The molecule has 3 aliphatic heterocycles. The molecule has 0 aromatic heterocycles. The highest BCUT2D eigenvalue weighted by molar-refractivity contribution is 7.92. The maximum absolute atomic E-state index is 15.4. The van der Waals surface area contributed by atoms with Crippen LogP contribution >= 0.6 is 0 Å². The zero-order valence-corrected chi connectivity index (χ0v) is 29.4. The van der Waals surface area contributed by atoms with Gasteiger partial charge in [-0.05, 0) is 42.1 Å². The SMILES string of the molecule is O=C(CCOCCNC(=O)CNc1cccc2c1CN(C1CCC(=O)NC1=O)C2=O)NCCOc1ccc2cc(O)c(N3CC(=O)NS3(=O)=O)c(F)c2c1. The number of benzene rings is 3. The molecule has 18 nitrogen and oxygen atoms in total. The van der Waals surface area contributed by atoms with Crippen molar-refractivity contribution >= 4 is 67.8 Å². The molecule has 54 heavy (non-hydrogen) atoms. The number of carbonyl (C=O) groups excluding carboxylic acids is 6. The van der Waals surface area contributed by atoms with E-state index in [2.05, 4.69) is 21.3 Å². The van der Waals surface area contributed by atoms with Crippen molar-refractivity contribution in [3.05, 3.63) is 59.4 Å². The number of piperidine rings is 1. The Balaban J connectivity index is 0.863. The number of nitrogens with one attached hydrogen (secondary N) is 5. The third-order valence-electron chi connectivity index (χ3n) is 8.83. The molecule has 3 aromatic rings. The number of phenols is 1. The zero-order chi connectivity index (χ0) is 38.6. The van der Waals surface area contributed by atoms with Crippen LogP contribution in [0.15, 0.2) is 42.5 Å². The van der Waals surface area contributed by atoms with Gasteiger partial charge in [-0.1, -0.05) is 12.1 Å². The zero-order valence-electron chi connectivity index (χ0n) is 28.6. The van der Waals surface area contributed by atoms with Crippen LogP contribution in [-0.2, 0) is 45.5 Å². The first kappa shape index (κ1) is 37.7. The van der Waals surface area contributed by atoms with Gasteiger partial charge in [-0.2, -0.15) is 8.42 Å². The molecule has 6 N–H and O–H groups in total. The summed E-state index contributed by atoms with van der Waals surface area (Å²) in [6.07, 6.45) is 0.428. The van der Waals surface area contributed by atoms with Gasteiger partial charge in [0.1, 0.15) is 36.4 Å². The van der Waals surface area contributed by atoms with Crippen LogP contribution < -0.4 is 35.0 Å². The summed E-state index contributed by atoms with van der Waals surface area (Å²) in [7, 11) is -4.36. The van der Waals surface area contributed by atoms with Crippen LogP contribution in [0.25, 0.3) is 10.8 Å². The number of anilines is 2. The molecule has 2 saturated heterocycles. The third-order valence-corrected chi connectivity index (χ3v) is 10.2. The molecule has 6 amide bonds. The molecule has 3 aromatic carbocycles. The number of phenolic OH excluding ortho intramolecular Hbond substituents is 1. The molecule has 20 heteroatoms. The fourth-order valence-corrected chi connectivity index (χ4v) is 7.41. The highest BCUT2D eigenvalue weighted by Crippen LogP contribution is 2.39. The monoisotopic (exact) mass is 769 g/mol. The van der Waals surface area contributed by atoms with E-state index >= 15 is 4.39 Å². The van der Waals surface area contributed by atoms with Crippen molar-refractivity contribution in [1.82, 2.24) is 25.6 Å². The number of hydrogen-bond acceptors (Lipinski definition) is 12. The number of nitrogens with zero attached hydrogens (tertiary/aromatic N) is 2.